The van der Waals surface area contributed by atoms with Gasteiger partial charge in [-0.15, -0.1) is 0 Å². The minimum Gasteiger partial charge on any atom is -0.496 e. The lowest BCUT2D eigenvalue weighted by molar-refractivity contribution is -0.140. The maximum absolute atomic E-state index is 14.7. The number of esters is 1. The van der Waals surface area contributed by atoms with E-state index in [0.29, 0.717) is 39.0 Å². The number of ether oxygens (including phenoxy) is 4. The van der Waals surface area contributed by atoms with Crippen LogP contribution in [0.15, 0.2) is 99.9 Å². The third-order valence-electron chi connectivity index (χ3n) is 8.03. The van der Waals surface area contributed by atoms with Crippen molar-refractivity contribution in [2.24, 2.45) is 4.99 Å². The molecule has 1 aliphatic rings. The predicted octanol–water partition coefficient (Wildman–Crippen LogP) is 5.96. The Hall–Kier alpha value is -5.87. The Bertz CT molecular complexity index is 2390. The van der Waals surface area contributed by atoms with Crippen molar-refractivity contribution in [2.75, 3.05) is 20.8 Å². The van der Waals surface area contributed by atoms with E-state index >= 15 is 0 Å². The Morgan fingerprint density at radius 2 is 1.72 bits per heavy atom. The van der Waals surface area contributed by atoms with E-state index in [1.54, 1.807) is 78.9 Å². The molecule has 0 amide bonds. The van der Waals surface area contributed by atoms with E-state index in [4.69, 9.17) is 18.9 Å². The van der Waals surface area contributed by atoms with Crippen molar-refractivity contribution < 1.29 is 36.9 Å². The molecule has 50 heavy (non-hydrogen) atoms. The lowest BCUT2D eigenvalue weighted by Crippen LogP contribution is -2.41. The van der Waals surface area contributed by atoms with E-state index in [-0.39, 0.29) is 33.9 Å². The van der Waals surface area contributed by atoms with Crippen LogP contribution in [0.25, 0.3) is 16.8 Å². The van der Waals surface area contributed by atoms with Gasteiger partial charge < -0.3 is 18.9 Å². The van der Waals surface area contributed by atoms with Gasteiger partial charge in [-0.05, 0) is 53.6 Å². The molecule has 1 atom stereocenters. The van der Waals surface area contributed by atoms with Gasteiger partial charge in [-0.25, -0.2) is 9.79 Å². The molecule has 5 aromatic rings. The highest BCUT2D eigenvalue weighted by Crippen LogP contribution is 2.43. The molecule has 0 aliphatic carbocycles. The van der Waals surface area contributed by atoms with Crippen LogP contribution in [0.1, 0.15) is 35.2 Å². The summed E-state index contributed by atoms with van der Waals surface area (Å²) in [5.41, 5.74) is -1.14. The van der Waals surface area contributed by atoms with Gasteiger partial charge in [0.15, 0.2) is 22.0 Å². The van der Waals surface area contributed by atoms with Crippen molar-refractivity contribution in [3.8, 4) is 23.3 Å². The first kappa shape index (κ1) is 34.0. The molecule has 6 rings (SSSR count). The minimum absolute atomic E-state index is 0.0539. The first-order valence-electron chi connectivity index (χ1n) is 15.2. The minimum atomic E-state index is -5.07. The number of hydrogen-bond donors (Lipinski definition) is 0. The largest absolute Gasteiger partial charge is 0.496 e. The van der Waals surface area contributed by atoms with Gasteiger partial charge in [0.2, 0.25) is 0 Å². The number of alkyl halides is 3. The highest BCUT2D eigenvalue weighted by Gasteiger charge is 2.46. The zero-order chi connectivity index (χ0) is 35.6. The molecule has 0 N–H and O–H groups in total. The predicted molar refractivity (Wildman–Crippen MR) is 180 cm³/mol. The molecule has 0 radical (unpaired) electrons. The Morgan fingerprint density at radius 3 is 2.44 bits per heavy atom. The number of methoxy groups -OCH3 is 2. The van der Waals surface area contributed by atoms with Crippen molar-refractivity contribution in [1.29, 1.82) is 5.26 Å². The van der Waals surface area contributed by atoms with Crippen LogP contribution in [0.2, 0.25) is 0 Å². The first-order valence-corrected chi connectivity index (χ1v) is 16.1. The molecule has 0 spiro atoms. The fraction of sp³-hybridized carbons (Fsp3) is 0.189. The summed E-state index contributed by atoms with van der Waals surface area (Å²) >= 11 is 0.749. The molecule has 0 saturated heterocycles. The molecule has 0 fully saturated rings. The Morgan fingerprint density at radius 1 is 1.00 bits per heavy atom. The third-order valence-corrected chi connectivity index (χ3v) is 9.01. The van der Waals surface area contributed by atoms with E-state index in [1.165, 1.54) is 27.2 Å². The monoisotopic (exact) mass is 699 g/mol. The highest BCUT2D eigenvalue weighted by molar-refractivity contribution is 7.07. The summed E-state index contributed by atoms with van der Waals surface area (Å²) in [5.74, 6) is -0.388. The number of benzene rings is 4. The van der Waals surface area contributed by atoms with Gasteiger partial charge in [0.25, 0.3) is 5.56 Å². The van der Waals surface area contributed by atoms with Crippen molar-refractivity contribution in [3.05, 3.63) is 132 Å². The van der Waals surface area contributed by atoms with E-state index in [9.17, 15) is 28.0 Å². The summed E-state index contributed by atoms with van der Waals surface area (Å²) in [4.78, 5) is 31.3. The van der Waals surface area contributed by atoms with E-state index in [0.717, 1.165) is 15.9 Å². The molecule has 4 aromatic carbocycles. The molecular weight excluding hydrogens is 671 g/mol. The van der Waals surface area contributed by atoms with Crippen LogP contribution in [-0.4, -0.2) is 37.5 Å². The maximum atomic E-state index is 14.7. The van der Waals surface area contributed by atoms with E-state index < -0.39 is 35.0 Å². The number of aromatic nitrogens is 1. The molecule has 2 heterocycles. The Kier molecular flexibility index (Phi) is 9.48. The SMILES string of the molecule is CCOC(=O)C1=C(C(F)(F)F)N=c2s/c(=C/c3ccc(OCc4ccccc4C#N)c(OC)c3)c(=O)n2[C@H]1c1c(OC)ccc2ccccc12. The van der Waals surface area contributed by atoms with Crippen LogP contribution in [0, 0.1) is 11.3 Å². The first-order chi connectivity index (χ1) is 24.1. The second kappa shape index (κ2) is 13.9. The Balaban J connectivity index is 1.53. The second-order valence-corrected chi connectivity index (χ2v) is 11.9. The molecule has 0 saturated carbocycles. The van der Waals surface area contributed by atoms with Gasteiger partial charge in [-0.1, -0.05) is 65.9 Å². The average molecular weight is 700 g/mol. The molecule has 1 aliphatic heterocycles. The second-order valence-electron chi connectivity index (χ2n) is 10.9. The van der Waals surface area contributed by atoms with Crippen LogP contribution in [0.5, 0.6) is 17.2 Å². The van der Waals surface area contributed by atoms with Crippen LogP contribution in [0.3, 0.4) is 0 Å². The smallest absolute Gasteiger partial charge is 0.434 e. The van der Waals surface area contributed by atoms with Gasteiger partial charge in [0, 0.05) is 11.1 Å². The Labute approximate surface area is 287 Å². The van der Waals surface area contributed by atoms with Gasteiger partial charge in [-0.2, -0.15) is 18.4 Å². The third kappa shape index (κ3) is 6.33. The summed E-state index contributed by atoms with van der Waals surface area (Å²) in [6.45, 7) is 1.37. The summed E-state index contributed by atoms with van der Waals surface area (Å²) < 4.78 is 67.6. The molecule has 0 bridgehead atoms. The summed E-state index contributed by atoms with van der Waals surface area (Å²) in [5, 5.41) is 10.5. The molecule has 1 aromatic heterocycles. The molecule has 254 valence electrons. The van der Waals surface area contributed by atoms with Crippen LogP contribution < -0.4 is 29.1 Å². The normalized spacial score (nSPS) is 14.5. The molecule has 9 nitrogen and oxygen atoms in total. The topological polar surface area (TPSA) is 112 Å². The maximum Gasteiger partial charge on any atom is 0.434 e. The van der Waals surface area contributed by atoms with Crippen LogP contribution in [0.4, 0.5) is 13.2 Å². The van der Waals surface area contributed by atoms with Crippen molar-refractivity contribution in [1.82, 2.24) is 4.57 Å². The number of allylic oxidation sites excluding steroid dienone is 1. The highest BCUT2D eigenvalue weighted by atomic mass is 32.1. The van der Waals surface area contributed by atoms with E-state index in [1.807, 2.05) is 0 Å². The summed E-state index contributed by atoms with van der Waals surface area (Å²) in [6.07, 6.45) is -3.57. The lowest BCUT2D eigenvalue weighted by Gasteiger charge is -2.28. The average Bonchev–Trinajstić information content (AvgIpc) is 3.43. The number of nitriles is 1. The molecule has 13 heteroatoms. The van der Waals surface area contributed by atoms with Crippen molar-refractivity contribution >= 4 is 34.2 Å². The fourth-order valence-electron chi connectivity index (χ4n) is 5.80. The van der Waals surface area contributed by atoms with Gasteiger partial charge >= 0.3 is 12.1 Å². The molecular formula is C37H28F3N3O6S. The van der Waals surface area contributed by atoms with Gasteiger partial charge in [0.05, 0.1) is 42.6 Å². The zero-order valence-electron chi connectivity index (χ0n) is 26.9. The van der Waals surface area contributed by atoms with E-state index in [2.05, 4.69) is 11.1 Å². The summed E-state index contributed by atoms with van der Waals surface area (Å²) in [6, 6.07) is 22.7. The van der Waals surface area contributed by atoms with Crippen LogP contribution in [-0.2, 0) is 16.1 Å². The fourth-order valence-corrected chi connectivity index (χ4v) is 6.81. The lowest BCUT2D eigenvalue weighted by atomic mass is 9.90. The number of carbonyl (C=O) groups is 1. The van der Waals surface area contributed by atoms with Crippen LogP contribution >= 0.6 is 11.3 Å². The summed E-state index contributed by atoms with van der Waals surface area (Å²) in [7, 11) is 2.80. The van der Waals surface area contributed by atoms with Crippen molar-refractivity contribution in [2.45, 2.75) is 25.7 Å². The number of nitrogens with zero attached hydrogens (tertiary/aromatic N) is 3. The number of hydrogen-bond acceptors (Lipinski definition) is 9. The number of rotatable bonds is 9. The number of fused-ring (bicyclic) bond motifs is 2. The van der Waals surface area contributed by atoms with Gasteiger partial charge in [0.1, 0.15) is 18.4 Å². The number of halogens is 3. The molecule has 0 unspecified atom stereocenters. The quantitative estimate of drug-likeness (QED) is 0.175. The standard InChI is InChI=1S/C37H28F3N3O6S/c1-4-48-35(45)31-32(30-25-12-8-7-9-22(25)14-16-27(30)46-2)43-34(44)29(50-36(43)42-33(31)37(38,39)40)18-21-13-15-26(28(17-21)47-3)49-20-24-11-6-5-10-23(24)19-41/h5-18,32H,4,20H2,1-3H3/b29-18+/t32-/m0/s1. The van der Waals surface area contributed by atoms with Gasteiger partial charge in [-0.3, -0.25) is 9.36 Å². The number of carbonyl (C=O) groups excluding carboxylic acids is 1. The number of thiazole rings is 1. The zero-order valence-corrected chi connectivity index (χ0v) is 27.7. The van der Waals surface area contributed by atoms with Crippen molar-refractivity contribution in [3.63, 3.8) is 0 Å².